The van der Waals surface area contributed by atoms with Crippen LogP contribution < -0.4 is 24.4 Å². The largest absolute Gasteiger partial charge is 0.497 e. The zero-order chi connectivity index (χ0) is 36.7. The lowest BCUT2D eigenvalue weighted by Gasteiger charge is -2.44. The average molecular weight is 729 g/mol. The van der Waals surface area contributed by atoms with Gasteiger partial charge in [0.15, 0.2) is 29.3 Å². The molecule has 8 rings (SSSR count). The first-order valence-electron chi connectivity index (χ1n) is 18.7. The van der Waals surface area contributed by atoms with Crippen molar-refractivity contribution in [3.63, 3.8) is 0 Å². The molecule has 13 nitrogen and oxygen atoms in total. The van der Waals surface area contributed by atoms with Crippen molar-refractivity contribution in [2.75, 3.05) is 44.7 Å². The molecule has 14 heteroatoms. The van der Waals surface area contributed by atoms with Crippen LogP contribution >= 0.6 is 0 Å². The lowest BCUT2D eigenvalue weighted by atomic mass is 9.79. The van der Waals surface area contributed by atoms with Crippen molar-refractivity contribution in [3.05, 3.63) is 59.4 Å². The Morgan fingerprint density at radius 2 is 1.83 bits per heavy atom. The zero-order valence-electron chi connectivity index (χ0n) is 31.2. The zero-order valence-corrected chi connectivity index (χ0v) is 31.2. The maximum absolute atomic E-state index is 15.1. The highest BCUT2D eigenvalue weighted by Gasteiger charge is 2.42. The Hall–Kier alpha value is -4.69. The molecule has 2 aromatic carbocycles. The van der Waals surface area contributed by atoms with Crippen LogP contribution in [0.5, 0.6) is 17.2 Å². The molecule has 0 radical (unpaired) electrons. The molecule has 1 N–H and O–H groups in total. The molecule has 282 valence electrons. The summed E-state index contributed by atoms with van der Waals surface area (Å²) in [5.74, 6) is 2.21. The summed E-state index contributed by atoms with van der Waals surface area (Å²) in [6.07, 6.45) is 10.2. The Labute approximate surface area is 308 Å². The number of methoxy groups -OCH3 is 3. The second kappa shape index (κ2) is 14.6. The van der Waals surface area contributed by atoms with Gasteiger partial charge < -0.3 is 33.9 Å². The van der Waals surface area contributed by atoms with Crippen LogP contribution in [0.15, 0.2) is 36.5 Å². The van der Waals surface area contributed by atoms with E-state index in [0.29, 0.717) is 52.4 Å². The van der Waals surface area contributed by atoms with Crippen LogP contribution in [-0.4, -0.2) is 81.8 Å². The number of hydrogen-bond acceptors (Lipinski definition) is 11. The van der Waals surface area contributed by atoms with Crippen LogP contribution in [0, 0.1) is 12.7 Å². The van der Waals surface area contributed by atoms with Crippen LogP contribution in [0.1, 0.15) is 81.3 Å². The van der Waals surface area contributed by atoms with Gasteiger partial charge in [0.25, 0.3) is 0 Å². The Bertz CT molecular complexity index is 2090. The molecule has 0 amide bonds. The fraction of sp³-hybridized carbons (Fsp3) is 0.538. The monoisotopic (exact) mass is 728 g/mol. The van der Waals surface area contributed by atoms with E-state index in [1.165, 1.54) is 13.2 Å². The maximum Gasteiger partial charge on any atom is 0.226 e. The molecule has 3 aliphatic rings. The minimum atomic E-state index is -0.484. The highest BCUT2D eigenvalue weighted by atomic mass is 19.1. The van der Waals surface area contributed by atoms with Crippen LogP contribution in [0.4, 0.5) is 16.0 Å². The van der Waals surface area contributed by atoms with Gasteiger partial charge in [0.2, 0.25) is 5.95 Å². The van der Waals surface area contributed by atoms with Crippen LogP contribution in [-0.2, 0) is 22.6 Å². The van der Waals surface area contributed by atoms with E-state index in [4.69, 9.17) is 43.8 Å². The molecule has 3 fully saturated rings. The van der Waals surface area contributed by atoms with Gasteiger partial charge in [-0.3, -0.25) is 4.68 Å². The maximum atomic E-state index is 15.1. The number of aromatic nitrogens is 6. The first-order valence-corrected chi connectivity index (χ1v) is 18.7. The fourth-order valence-electron chi connectivity index (χ4n) is 8.01. The highest BCUT2D eigenvalue weighted by molar-refractivity contribution is 5.93. The third kappa shape index (κ3) is 6.82. The van der Waals surface area contributed by atoms with Gasteiger partial charge in [-0.15, -0.1) is 5.10 Å². The van der Waals surface area contributed by atoms with Crippen molar-refractivity contribution in [1.82, 2.24) is 29.4 Å². The van der Waals surface area contributed by atoms with Gasteiger partial charge >= 0.3 is 0 Å². The number of anilines is 2. The summed E-state index contributed by atoms with van der Waals surface area (Å²) in [6.45, 7) is 7.04. The molecule has 5 aromatic rings. The summed E-state index contributed by atoms with van der Waals surface area (Å²) in [4.78, 5) is 12.4. The Morgan fingerprint density at radius 3 is 2.57 bits per heavy atom. The summed E-state index contributed by atoms with van der Waals surface area (Å²) < 4.78 is 47.8. The van der Waals surface area contributed by atoms with E-state index < -0.39 is 5.82 Å². The third-order valence-corrected chi connectivity index (χ3v) is 11.3. The van der Waals surface area contributed by atoms with E-state index in [0.717, 1.165) is 88.0 Å². The molecule has 1 aliphatic carbocycles. The summed E-state index contributed by atoms with van der Waals surface area (Å²) in [5.41, 5.74) is 4.00. The van der Waals surface area contributed by atoms with Crippen molar-refractivity contribution >= 4 is 28.2 Å². The van der Waals surface area contributed by atoms with Crippen molar-refractivity contribution < 1.29 is 28.1 Å². The van der Waals surface area contributed by atoms with Gasteiger partial charge in [-0.1, -0.05) is 0 Å². The SMILES string of the molecule is COc1ccc(CNc2nc3cc(OC)c(F)cc3c3nc(C4CCC(C)N(c5cnn(CC6(OC7CCCCO7)CCC6)c5C)C4)nn23)c(OC)c1. The van der Waals surface area contributed by atoms with Crippen molar-refractivity contribution in [2.45, 2.75) is 102 Å². The summed E-state index contributed by atoms with van der Waals surface area (Å²) in [7, 11) is 4.69. The minimum Gasteiger partial charge on any atom is -0.497 e. The predicted molar refractivity (Wildman–Crippen MR) is 199 cm³/mol. The molecule has 2 aliphatic heterocycles. The first kappa shape index (κ1) is 35.3. The molecule has 2 saturated heterocycles. The van der Waals surface area contributed by atoms with Crippen molar-refractivity contribution in [1.29, 1.82) is 0 Å². The Morgan fingerprint density at radius 1 is 0.981 bits per heavy atom. The van der Waals surface area contributed by atoms with Crippen LogP contribution in [0.3, 0.4) is 0 Å². The topological polar surface area (TPSA) is 122 Å². The summed E-state index contributed by atoms with van der Waals surface area (Å²) in [5, 5.41) is 13.9. The van der Waals surface area contributed by atoms with Gasteiger partial charge in [-0.25, -0.2) is 14.4 Å². The first-order chi connectivity index (χ1) is 25.8. The van der Waals surface area contributed by atoms with Crippen LogP contribution in [0.25, 0.3) is 16.6 Å². The molecule has 0 bridgehead atoms. The van der Waals surface area contributed by atoms with Crippen molar-refractivity contribution in [3.8, 4) is 17.2 Å². The standard InChI is InChI=1S/C39H49FN8O5/c1-24-10-11-27(22-46(24)32-21-42-47(25(32)2)23-39(14-8-15-39)53-35-9-6-7-16-52-35)36-44-37-29-18-30(40)34(51-5)19-31(29)43-38(48(37)45-36)41-20-26-12-13-28(49-3)17-33(26)50-4/h12-13,17-19,21,24,27,35H,6-11,14-16,20,22-23H2,1-5H3,(H,41,43). The second-order valence-electron chi connectivity index (χ2n) is 14.7. The normalized spacial score (nSPS) is 21.5. The van der Waals surface area contributed by atoms with E-state index in [1.807, 2.05) is 24.4 Å². The number of nitrogens with zero attached hydrogens (tertiary/aromatic N) is 7. The van der Waals surface area contributed by atoms with E-state index >= 15 is 4.39 Å². The smallest absolute Gasteiger partial charge is 0.226 e. The molecule has 3 aromatic heterocycles. The van der Waals surface area contributed by atoms with E-state index in [-0.39, 0.29) is 23.6 Å². The molecule has 3 atom stereocenters. The van der Waals surface area contributed by atoms with Crippen molar-refractivity contribution in [2.24, 2.45) is 0 Å². The molecular formula is C39H49FN8O5. The number of rotatable bonds is 12. The van der Waals surface area contributed by atoms with E-state index in [1.54, 1.807) is 24.8 Å². The molecule has 5 heterocycles. The van der Waals surface area contributed by atoms with E-state index in [2.05, 4.69) is 28.7 Å². The van der Waals surface area contributed by atoms with Gasteiger partial charge in [-0.05, 0) is 83.4 Å². The molecule has 53 heavy (non-hydrogen) atoms. The van der Waals surface area contributed by atoms with Gasteiger partial charge in [-0.2, -0.15) is 9.61 Å². The second-order valence-corrected chi connectivity index (χ2v) is 14.7. The van der Waals surface area contributed by atoms with Crippen LogP contribution in [0.2, 0.25) is 0 Å². The summed E-state index contributed by atoms with van der Waals surface area (Å²) in [6, 6.07) is 9.01. The predicted octanol–water partition coefficient (Wildman–Crippen LogP) is 6.80. The quantitative estimate of drug-likeness (QED) is 0.146. The highest BCUT2D eigenvalue weighted by Crippen LogP contribution is 2.41. The number of hydrogen-bond donors (Lipinski definition) is 1. The summed E-state index contributed by atoms with van der Waals surface area (Å²) >= 11 is 0. The number of piperidine rings is 1. The Balaban J connectivity index is 1.08. The number of halogens is 1. The van der Waals surface area contributed by atoms with Gasteiger partial charge in [0, 0.05) is 54.7 Å². The number of fused-ring (bicyclic) bond motifs is 3. The molecule has 0 spiro atoms. The van der Waals surface area contributed by atoms with E-state index in [9.17, 15) is 0 Å². The Kier molecular flexibility index (Phi) is 9.75. The fourth-order valence-corrected chi connectivity index (χ4v) is 8.01. The molecule has 1 saturated carbocycles. The molecular weight excluding hydrogens is 679 g/mol. The van der Waals surface area contributed by atoms with Gasteiger partial charge in [0.05, 0.1) is 56.6 Å². The minimum absolute atomic E-state index is 0.0336. The lowest BCUT2D eigenvalue weighted by molar-refractivity contribution is -0.251. The lowest BCUT2D eigenvalue weighted by Crippen LogP contribution is -2.48. The van der Waals surface area contributed by atoms with Gasteiger partial charge in [0.1, 0.15) is 11.5 Å². The number of benzene rings is 2. The number of nitrogens with one attached hydrogen (secondary N) is 1. The number of ether oxygens (including phenoxy) is 5. The molecule has 3 unspecified atom stereocenters. The average Bonchev–Trinajstić information content (AvgIpc) is 3.77. The third-order valence-electron chi connectivity index (χ3n) is 11.3.